The van der Waals surface area contributed by atoms with Gasteiger partial charge in [-0.25, -0.2) is 4.98 Å². The number of nitriles is 1. The monoisotopic (exact) mass is 409 g/mol. The van der Waals surface area contributed by atoms with Crippen molar-refractivity contribution in [3.8, 4) is 6.07 Å². The zero-order valence-corrected chi connectivity index (χ0v) is 17.2. The summed E-state index contributed by atoms with van der Waals surface area (Å²) in [5, 5.41) is 9.81. The molecule has 0 bridgehead atoms. The number of anilines is 2. The number of carbonyl (C=O) groups is 1. The molecular weight excluding hydrogens is 390 g/mol. The molecule has 142 valence electrons. The van der Waals surface area contributed by atoms with Crippen molar-refractivity contribution in [1.29, 1.82) is 5.26 Å². The molecule has 1 aromatic carbocycles. The van der Waals surface area contributed by atoms with Gasteiger partial charge in [0.15, 0.2) is 5.13 Å². The highest BCUT2D eigenvalue weighted by atomic mass is 32.2. The van der Waals surface area contributed by atoms with Crippen molar-refractivity contribution in [2.24, 2.45) is 0 Å². The minimum atomic E-state index is -0.195. The molecule has 0 fully saturated rings. The van der Waals surface area contributed by atoms with E-state index in [4.69, 9.17) is 5.26 Å². The average molecular weight is 410 g/mol. The predicted molar refractivity (Wildman–Crippen MR) is 114 cm³/mol. The molecular formula is C20H19N5OS2. The summed E-state index contributed by atoms with van der Waals surface area (Å²) in [5.41, 5.74) is 3.09. The summed E-state index contributed by atoms with van der Waals surface area (Å²) < 4.78 is 2.73. The van der Waals surface area contributed by atoms with Crippen molar-refractivity contribution in [3.05, 3.63) is 70.5 Å². The first kappa shape index (κ1) is 19.9. The molecule has 28 heavy (non-hydrogen) atoms. The molecule has 0 aliphatic rings. The van der Waals surface area contributed by atoms with Crippen molar-refractivity contribution in [1.82, 2.24) is 14.7 Å². The lowest BCUT2D eigenvalue weighted by Crippen LogP contribution is -2.21. The zero-order chi connectivity index (χ0) is 19.9. The highest BCUT2D eigenvalue weighted by Crippen LogP contribution is 2.32. The van der Waals surface area contributed by atoms with Gasteiger partial charge in [-0.2, -0.15) is 5.26 Å². The van der Waals surface area contributed by atoms with E-state index in [0.29, 0.717) is 17.8 Å². The summed E-state index contributed by atoms with van der Waals surface area (Å²) in [5.74, 6) is -0.195. The fourth-order valence-electron chi connectivity index (χ4n) is 2.69. The van der Waals surface area contributed by atoms with Gasteiger partial charge in [0.2, 0.25) is 0 Å². The SMILES string of the molecule is CSNC(=O)c1nc(N(CCc2cccnc2)c2ccc(C#N)cc2)sc1C. The third-order valence-corrected chi connectivity index (χ3v) is 5.46. The maximum absolute atomic E-state index is 12.3. The van der Waals surface area contributed by atoms with E-state index >= 15 is 0 Å². The van der Waals surface area contributed by atoms with Crippen LogP contribution < -0.4 is 9.62 Å². The molecule has 2 aromatic heterocycles. The van der Waals surface area contributed by atoms with E-state index in [9.17, 15) is 4.79 Å². The summed E-state index contributed by atoms with van der Waals surface area (Å²) >= 11 is 2.73. The molecule has 0 saturated heterocycles. The molecule has 3 aromatic rings. The van der Waals surface area contributed by atoms with E-state index < -0.39 is 0 Å². The molecule has 0 saturated carbocycles. The largest absolute Gasteiger partial charge is 0.317 e. The highest BCUT2D eigenvalue weighted by Gasteiger charge is 2.20. The van der Waals surface area contributed by atoms with E-state index in [1.807, 2.05) is 37.4 Å². The van der Waals surface area contributed by atoms with Crippen molar-refractivity contribution >= 4 is 40.0 Å². The third-order valence-electron chi connectivity index (χ3n) is 4.08. The first-order valence-corrected chi connectivity index (χ1v) is 10.6. The fraction of sp³-hybridized carbons (Fsp3) is 0.200. The fourth-order valence-corrected chi connectivity index (χ4v) is 3.92. The predicted octanol–water partition coefficient (Wildman–Crippen LogP) is 4.11. The minimum Gasteiger partial charge on any atom is -0.317 e. The second kappa shape index (κ2) is 9.35. The zero-order valence-electron chi connectivity index (χ0n) is 15.5. The second-order valence-corrected chi connectivity index (χ2v) is 7.75. The van der Waals surface area contributed by atoms with Crippen molar-refractivity contribution in [3.63, 3.8) is 0 Å². The van der Waals surface area contributed by atoms with Crippen LogP contribution in [-0.4, -0.2) is 28.7 Å². The maximum atomic E-state index is 12.3. The third kappa shape index (κ3) is 4.68. The van der Waals surface area contributed by atoms with E-state index in [1.165, 1.54) is 23.3 Å². The number of rotatable bonds is 7. The second-order valence-electron chi connectivity index (χ2n) is 5.96. The Labute approximate surface area is 172 Å². The average Bonchev–Trinajstić information content (AvgIpc) is 3.11. The molecule has 0 spiro atoms. The highest BCUT2D eigenvalue weighted by molar-refractivity contribution is 7.97. The van der Waals surface area contributed by atoms with E-state index in [-0.39, 0.29) is 5.91 Å². The number of aryl methyl sites for hydroxylation is 1. The maximum Gasteiger partial charge on any atom is 0.280 e. The Morgan fingerprint density at radius 2 is 2.11 bits per heavy atom. The van der Waals surface area contributed by atoms with Crippen LogP contribution in [0.4, 0.5) is 10.8 Å². The van der Waals surface area contributed by atoms with Gasteiger partial charge in [0.05, 0.1) is 11.6 Å². The molecule has 6 nitrogen and oxygen atoms in total. The first-order valence-electron chi connectivity index (χ1n) is 8.59. The summed E-state index contributed by atoms with van der Waals surface area (Å²) in [4.78, 5) is 24.0. The Kier molecular flexibility index (Phi) is 6.63. The van der Waals surface area contributed by atoms with Gasteiger partial charge in [0.25, 0.3) is 5.91 Å². The molecule has 1 amide bonds. The van der Waals surface area contributed by atoms with Crippen LogP contribution in [0.15, 0.2) is 48.8 Å². The molecule has 3 rings (SSSR count). The number of amides is 1. The molecule has 0 atom stereocenters. The number of hydrogen-bond acceptors (Lipinski definition) is 7. The van der Waals surface area contributed by atoms with Crippen LogP contribution in [0.1, 0.15) is 26.5 Å². The van der Waals surface area contributed by atoms with Crippen molar-refractivity contribution in [2.75, 3.05) is 17.7 Å². The summed E-state index contributed by atoms with van der Waals surface area (Å²) in [6.45, 7) is 2.57. The van der Waals surface area contributed by atoms with Gasteiger partial charge in [-0.05, 0) is 49.2 Å². The number of pyridine rings is 1. The smallest absolute Gasteiger partial charge is 0.280 e. The number of nitrogens with zero attached hydrogens (tertiary/aromatic N) is 4. The lowest BCUT2D eigenvalue weighted by Gasteiger charge is -2.22. The van der Waals surface area contributed by atoms with Crippen molar-refractivity contribution in [2.45, 2.75) is 13.3 Å². The molecule has 0 aliphatic carbocycles. The van der Waals surface area contributed by atoms with Gasteiger partial charge in [-0.3, -0.25) is 14.5 Å². The summed E-state index contributed by atoms with van der Waals surface area (Å²) in [6, 6.07) is 13.5. The van der Waals surface area contributed by atoms with Gasteiger partial charge >= 0.3 is 0 Å². The van der Waals surface area contributed by atoms with Crippen LogP contribution in [0.2, 0.25) is 0 Å². The molecule has 1 N–H and O–H groups in total. The Bertz CT molecular complexity index is 980. The topological polar surface area (TPSA) is 81.9 Å². The number of carbonyl (C=O) groups excluding carboxylic acids is 1. The molecule has 8 heteroatoms. The molecule has 0 unspecified atom stereocenters. The Morgan fingerprint density at radius 3 is 2.75 bits per heavy atom. The number of thiazole rings is 1. The van der Waals surface area contributed by atoms with Crippen LogP contribution in [0.5, 0.6) is 0 Å². The quantitative estimate of drug-likeness (QED) is 0.592. The Morgan fingerprint density at radius 1 is 1.32 bits per heavy atom. The lowest BCUT2D eigenvalue weighted by atomic mass is 10.2. The van der Waals surface area contributed by atoms with Crippen molar-refractivity contribution < 1.29 is 4.79 Å². The van der Waals surface area contributed by atoms with E-state index in [2.05, 4.69) is 25.7 Å². The molecule has 0 radical (unpaired) electrons. The number of benzene rings is 1. The van der Waals surface area contributed by atoms with Gasteiger partial charge < -0.3 is 4.90 Å². The number of nitrogens with one attached hydrogen (secondary N) is 1. The Hall–Kier alpha value is -2.89. The standard InChI is InChI=1S/C20H19N5OS2/c1-14-18(19(26)24-27-2)23-20(28-14)25(11-9-16-4-3-10-22-13-16)17-7-5-15(12-21)6-8-17/h3-8,10,13H,9,11H2,1-2H3,(H,24,26). The summed E-state index contributed by atoms with van der Waals surface area (Å²) in [6.07, 6.45) is 6.18. The van der Waals surface area contributed by atoms with Crippen LogP contribution in [-0.2, 0) is 6.42 Å². The molecule has 2 heterocycles. The van der Waals surface area contributed by atoms with Gasteiger partial charge in [-0.15, -0.1) is 11.3 Å². The van der Waals surface area contributed by atoms with Crippen LogP contribution >= 0.6 is 23.3 Å². The molecule has 0 aliphatic heterocycles. The van der Waals surface area contributed by atoms with Crippen LogP contribution in [0, 0.1) is 18.3 Å². The lowest BCUT2D eigenvalue weighted by molar-refractivity contribution is 0.0980. The Balaban J connectivity index is 1.92. The summed E-state index contributed by atoms with van der Waals surface area (Å²) in [7, 11) is 0. The van der Waals surface area contributed by atoms with Gasteiger partial charge in [0.1, 0.15) is 5.69 Å². The minimum absolute atomic E-state index is 0.195. The van der Waals surface area contributed by atoms with E-state index in [1.54, 1.807) is 24.6 Å². The number of aromatic nitrogens is 2. The normalized spacial score (nSPS) is 10.3. The van der Waals surface area contributed by atoms with E-state index in [0.717, 1.165) is 27.7 Å². The van der Waals surface area contributed by atoms with Gasteiger partial charge in [-0.1, -0.05) is 18.0 Å². The van der Waals surface area contributed by atoms with Crippen LogP contribution in [0.25, 0.3) is 0 Å². The first-order chi connectivity index (χ1) is 13.6. The van der Waals surface area contributed by atoms with Gasteiger partial charge in [0, 0.05) is 35.8 Å². The van der Waals surface area contributed by atoms with Crippen LogP contribution in [0.3, 0.4) is 0 Å². The number of hydrogen-bond donors (Lipinski definition) is 1.